The molecule has 0 aliphatic heterocycles. The third-order valence-electron chi connectivity index (χ3n) is 1.79. The second-order valence-electron chi connectivity index (χ2n) is 2.78. The number of nitro groups is 1. The molecule has 1 aromatic heterocycles. The fourth-order valence-corrected chi connectivity index (χ4v) is 1.39. The number of hydrogen-bond donors (Lipinski definition) is 0. The lowest BCUT2D eigenvalue weighted by atomic mass is 10.2. The quantitative estimate of drug-likeness (QED) is 0.626. The van der Waals surface area contributed by atoms with Gasteiger partial charge in [0.1, 0.15) is 11.4 Å². The van der Waals surface area contributed by atoms with E-state index in [4.69, 9.17) is 4.42 Å². The highest BCUT2D eigenvalue weighted by atomic mass is 79.9. The first-order valence-corrected chi connectivity index (χ1v) is 4.80. The second kappa shape index (κ2) is 3.97. The lowest BCUT2D eigenvalue weighted by Crippen LogP contribution is -1.93. The van der Waals surface area contributed by atoms with Crippen LogP contribution in [0.3, 0.4) is 0 Å². The molecule has 0 amide bonds. The van der Waals surface area contributed by atoms with E-state index in [0.29, 0.717) is 0 Å². The van der Waals surface area contributed by atoms with Crippen molar-refractivity contribution < 1.29 is 13.7 Å². The summed E-state index contributed by atoms with van der Waals surface area (Å²) in [5.41, 5.74) is -0.347. The summed E-state index contributed by atoms with van der Waals surface area (Å²) < 4.78 is 17.9. The van der Waals surface area contributed by atoms with Crippen LogP contribution < -0.4 is 0 Å². The molecule has 1 heterocycles. The molecule has 0 bridgehead atoms. The Bertz CT molecular complexity index is 557. The molecule has 0 saturated carbocycles. The molecule has 2 aromatic rings. The molecule has 0 spiro atoms. The van der Waals surface area contributed by atoms with E-state index in [2.05, 4.69) is 26.1 Å². The van der Waals surface area contributed by atoms with E-state index in [-0.39, 0.29) is 21.9 Å². The Hall–Kier alpha value is -1.83. The van der Waals surface area contributed by atoms with Crippen LogP contribution in [-0.2, 0) is 0 Å². The van der Waals surface area contributed by atoms with Gasteiger partial charge < -0.3 is 4.42 Å². The summed E-state index contributed by atoms with van der Waals surface area (Å²) in [6, 6.07) is 3.01. The van der Waals surface area contributed by atoms with Gasteiger partial charge in [-0.2, -0.15) is 0 Å². The topological polar surface area (TPSA) is 82.1 Å². The lowest BCUT2D eigenvalue weighted by Gasteiger charge is -1.97. The highest BCUT2D eigenvalue weighted by Crippen LogP contribution is 2.30. The molecule has 0 atom stereocenters. The summed E-state index contributed by atoms with van der Waals surface area (Å²) in [4.78, 5) is 10.1. The SMILES string of the molecule is O=[N+]([O-])c1ccc(F)cc1-c1nnc(Br)o1. The summed E-state index contributed by atoms with van der Waals surface area (Å²) in [5.74, 6) is -0.729. The van der Waals surface area contributed by atoms with E-state index in [1.807, 2.05) is 0 Å². The largest absolute Gasteiger partial charge is 0.411 e. The highest BCUT2D eigenvalue weighted by Gasteiger charge is 2.20. The lowest BCUT2D eigenvalue weighted by molar-refractivity contribution is -0.384. The van der Waals surface area contributed by atoms with Crippen LogP contribution in [-0.4, -0.2) is 15.1 Å². The molecule has 1 aromatic carbocycles. The van der Waals surface area contributed by atoms with Crippen LogP contribution in [0.5, 0.6) is 0 Å². The molecule has 0 radical (unpaired) electrons. The van der Waals surface area contributed by atoms with Gasteiger partial charge in [0.15, 0.2) is 0 Å². The Kier molecular flexibility index (Phi) is 2.65. The predicted octanol–water partition coefficient (Wildman–Crippen LogP) is 2.55. The predicted molar refractivity (Wildman–Crippen MR) is 54.0 cm³/mol. The molecule has 0 aliphatic rings. The molecule has 16 heavy (non-hydrogen) atoms. The monoisotopic (exact) mass is 287 g/mol. The summed E-state index contributed by atoms with van der Waals surface area (Å²) >= 11 is 2.91. The Labute approximate surface area is 96.4 Å². The Morgan fingerprint density at radius 2 is 2.19 bits per heavy atom. The maximum absolute atomic E-state index is 13.0. The first-order valence-electron chi connectivity index (χ1n) is 4.01. The zero-order chi connectivity index (χ0) is 11.7. The van der Waals surface area contributed by atoms with Gasteiger partial charge in [0.2, 0.25) is 0 Å². The minimum absolute atomic E-state index is 0.0526. The number of rotatable bonds is 2. The Balaban J connectivity index is 2.62. The zero-order valence-electron chi connectivity index (χ0n) is 7.55. The summed E-state index contributed by atoms with van der Waals surface area (Å²) in [6.45, 7) is 0. The van der Waals surface area contributed by atoms with Crippen LogP contribution in [0, 0.1) is 15.9 Å². The average molecular weight is 288 g/mol. The van der Waals surface area contributed by atoms with Gasteiger partial charge in [0.05, 0.1) is 4.92 Å². The fraction of sp³-hybridized carbons (Fsp3) is 0. The van der Waals surface area contributed by atoms with Crippen LogP contribution in [0.15, 0.2) is 27.4 Å². The van der Waals surface area contributed by atoms with E-state index in [0.717, 1.165) is 18.2 Å². The van der Waals surface area contributed by atoms with Crippen molar-refractivity contribution >= 4 is 21.6 Å². The fourth-order valence-electron chi connectivity index (χ4n) is 1.15. The van der Waals surface area contributed by atoms with E-state index in [9.17, 15) is 14.5 Å². The van der Waals surface area contributed by atoms with Gasteiger partial charge in [-0.3, -0.25) is 10.1 Å². The molecule has 0 N–H and O–H groups in total. The van der Waals surface area contributed by atoms with Crippen molar-refractivity contribution in [2.75, 3.05) is 0 Å². The van der Waals surface area contributed by atoms with Crippen molar-refractivity contribution in [3.8, 4) is 11.5 Å². The van der Waals surface area contributed by atoms with E-state index in [1.165, 1.54) is 0 Å². The van der Waals surface area contributed by atoms with Crippen molar-refractivity contribution in [2.24, 2.45) is 0 Å². The third-order valence-corrected chi connectivity index (χ3v) is 2.11. The Morgan fingerprint density at radius 1 is 1.44 bits per heavy atom. The number of nitro benzene ring substituents is 1. The van der Waals surface area contributed by atoms with Gasteiger partial charge in [0, 0.05) is 22.0 Å². The normalized spacial score (nSPS) is 10.4. The third kappa shape index (κ3) is 1.91. The number of nitrogens with zero attached hydrogens (tertiary/aromatic N) is 3. The van der Waals surface area contributed by atoms with Crippen molar-refractivity contribution in [1.82, 2.24) is 10.2 Å². The highest BCUT2D eigenvalue weighted by molar-refractivity contribution is 9.10. The van der Waals surface area contributed by atoms with Gasteiger partial charge in [-0.15, -0.1) is 10.2 Å². The number of benzene rings is 1. The van der Waals surface area contributed by atoms with Gasteiger partial charge in [0.25, 0.3) is 16.4 Å². The molecule has 6 nitrogen and oxygen atoms in total. The summed E-state index contributed by atoms with van der Waals surface area (Å²) in [5, 5.41) is 17.7. The second-order valence-corrected chi connectivity index (χ2v) is 3.46. The molecule has 0 aliphatic carbocycles. The van der Waals surface area contributed by atoms with E-state index in [1.54, 1.807) is 0 Å². The van der Waals surface area contributed by atoms with Crippen molar-refractivity contribution in [1.29, 1.82) is 0 Å². The minimum Gasteiger partial charge on any atom is -0.411 e. The first-order chi connectivity index (χ1) is 7.58. The van der Waals surface area contributed by atoms with Crippen LogP contribution >= 0.6 is 15.9 Å². The molecule has 8 heteroatoms. The van der Waals surface area contributed by atoms with E-state index < -0.39 is 10.7 Å². The molecular formula is C8H3BrFN3O3. The van der Waals surface area contributed by atoms with Gasteiger partial charge in [-0.25, -0.2) is 4.39 Å². The average Bonchev–Trinajstić information content (AvgIpc) is 2.64. The van der Waals surface area contributed by atoms with Crippen molar-refractivity contribution in [2.45, 2.75) is 0 Å². The molecule has 0 saturated heterocycles. The van der Waals surface area contributed by atoms with Crippen LogP contribution in [0.1, 0.15) is 0 Å². The van der Waals surface area contributed by atoms with Crippen LogP contribution in [0.2, 0.25) is 0 Å². The standard InChI is InChI=1S/C8H3BrFN3O3/c9-8-12-11-7(16-8)5-3-4(10)1-2-6(5)13(14)15/h1-3H. The molecule has 82 valence electrons. The maximum atomic E-state index is 13.0. The number of halogens is 2. The first kappa shape index (κ1) is 10.7. The number of hydrogen-bond acceptors (Lipinski definition) is 5. The van der Waals surface area contributed by atoms with Gasteiger partial charge >= 0.3 is 0 Å². The van der Waals surface area contributed by atoms with Gasteiger partial charge in [-0.05, 0) is 12.1 Å². The number of aromatic nitrogens is 2. The molecule has 0 unspecified atom stereocenters. The van der Waals surface area contributed by atoms with Gasteiger partial charge in [-0.1, -0.05) is 0 Å². The summed E-state index contributed by atoms with van der Waals surface area (Å²) in [6.07, 6.45) is 0. The molecular weight excluding hydrogens is 285 g/mol. The van der Waals surface area contributed by atoms with Crippen LogP contribution in [0.4, 0.5) is 10.1 Å². The maximum Gasteiger partial charge on any atom is 0.285 e. The van der Waals surface area contributed by atoms with Crippen LogP contribution in [0.25, 0.3) is 11.5 Å². The van der Waals surface area contributed by atoms with Crippen molar-refractivity contribution in [3.05, 3.63) is 38.9 Å². The molecule has 2 rings (SSSR count). The molecule has 0 fully saturated rings. The summed E-state index contributed by atoms with van der Waals surface area (Å²) in [7, 11) is 0. The van der Waals surface area contributed by atoms with Crippen molar-refractivity contribution in [3.63, 3.8) is 0 Å². The zero-order valence-corrected chi connectivity index (χ0v) is 9.14. The Morgan fingerprint density at radius 3 is 2.75 bits per heavy atom. The van der Waals surface area contributed by atoms with E-state index >= 15 is 0 Å². The smallest absolute Gasteiger partial charge is 0.285 e. The minimum atomic E-state index is -0.646.